The van der Waals surface area contributed by atoms with Gasteiger partial charge < -0.3 is 10.6 Å². The number of nitrogens with two attached hydrogens (primary N) is 1. The summed E-state index contributed by atoms with van der Waals surface area (Å²) in [5.41, 5.74) is 5.82. The van der Waals surface area contributed by atoms with Crippen LogP contribution in [0.3, 0.4) is 0 Å². The van der Waals surface area contributed by atoms with Crippen LogP contribution in [0.15, 0.2) is 22.8 Å². The number of aromatic nitrogens is 1. The van der Waals surface area contributed by atoms with Gasteiger partial charge in [0.05, 0.1) is 0 Å². The zero-order valence-corrected chi connectivity index (χ0v) is 10.1. The Morgan fingerprint density at radius 2 is 2.29 bits per heavy atom. The summed E-state index contributed by atoms with van der Waals surface area (Å²) in [4.78, 5) is 6.59. The molecule has 0 aromatic carbocycles. The van der Waals surface area contributed by atoms with E-state index in [0.29, 0.717) is 6.04 Å². The average molecular weight is 279 g/mol. The Balaban J connectivity index is 0.000000980. The molecule has 78 valence electrons. The second-order valence-electron chi connectivity index (χ2n) is 3.31. The lowest BCUT2D eigenvalue weighted by Gasteiger charge is -2.16. The molecule has 2 rings (SSSR count). The van der Waals surface area contributed by atoms with Crippen molar-refractivity contribution in [3.8, 4) is 0 Å². The van der Waals surface area contributed by atoms with Crippen LogP contribution in [0.25, 0.3) is 0 Å². The molecule has 5 heteroatoms. The second-order valence-corrected chi connectivity index (χ2v) is 4.13. The minimum absolute atomic E-state index is 0. The molecule has 0 aliphatic carbocycles. The third kappa shape index (κ3) is 2.59. The SMILES string of the molecule is Cl.N[C@H]1CCN(c2cccc(Br)n2)C1. The average Bonchev–Trinajstić information content (AvgIpc) is 2.52. The van der Waals surface area contributed by atoms with Crippen molar-refractivity contribution in [2.45, 2.75) is 12.5 Å². The molecule has 1 atom stereocenters. The first-order valence-electron chi connectivity index (χ1n) is 4.39. The van der Waals surface area contributed by atoms with Crippen LogP contribution >= 0.6 is 28.3 Å². The minimum atomic E-state index is 0. The molecule has 1 aliphatic rings. The molecule has 0 unspecified atom stereocenters. The maximum Gasteiger partial charge on any atom is 0.129 e. The number of rotatable bonds is 1. The van der Waals surface area contributed by atoms with Gasteiger partial charge in [-0.15, -0.1) is 12.4 Å². The van der Waals surface area contributed by atoms with E-state index in [-0.39, 0.29) is 12.4 Å². The van der Waals surface area contributed by atoms with Crippen molar-refractivity contribution in [3.05, 3.63) is 22.8 Å². The van der Waals surface area contributed by atoms with Gasteiger partial charge in [-0.2, -0.15) is 0 Å². The molecule has 0 radical (unpaired) electrons. The van der Waals surface area contributed by atoms with Gasteiger partial charge in [0.2, 0.25) is 0 Å². The lowest BCUT2D eigenvalue weighted by atomic mass is 10.3. The molecule has 0 saturated carbocycles. The second kappa shape index (κ2) is 4.96. The van der Waals surface area contributed by atoms with Crippen LogP contribution in [0.4, 0.5) is 5.82 Å². The number of anilines is 1. The summed E-state index contributed by atoms with van der Waals surface area (Å²) in [7, 11) is 0. The van der Waals surface area contributed by atoms with Gasteiger partial charge in [0, 0.05) is 19.1 Å². The first kappa shape index (κ1) is 11.8. The number of pyridine rings is 1. The Morgan fingerprint density at radius 1 is 1.50 bits per heavy atom. The van der Waals surface area contributed by atoms with E-state index in [0.717, 1.165) is 29.9 Å². The molecule has 1 saturated heterocycles. The zero-order chi connectivity index (χ0) is 9.26. The summed E-state index contributed by atoms with van der Waals surface area (Å²) in [6.07, 6.45) is 1.06. The van der Waals surface area contributed by atoms with E-state index in [9.17, 15) is 0 Å². The molecule has 0 bridgehead atoms. The number of nitrogens with zero attached hydrogens (tertiary/aromatic N) is 2. The fourth-order valence-corrected chi connectivity index (χ4v) is 1.90. The Bertz CT molecular complexity index is 308. The zero-order valence-electron chi connectivity index (χ0n) is 7.69. The van der Waals surface area contributed by atoms with E-state index in [4.69, 9.17) is 5.73 Å². The van der Waals surface area contributed by atoms with Crippen molar-refractivity contribution in [3.63, 3.8) is 0 Å². The smallest absolute Gasteiger partial charge is 0.129 e. The molecule has 1 fully saturated rings. The van der Waals surface area contributed by atoms with Crippen LogP contribution in [-0.2, 0) is 0 Å². The summed E-state index contributed by atoms with van der Waals surface area (Å²) >= 11 is 3.36. The Kier molecular flexibility index (Phi) is 4.16. The molecule has 14 heavy (non-hydrogen) atoms. The lowest BCUT2D eigenvalue weighted by molar-refractivity contribution is 0.751. The van der Waals surface area contributed by atoms with E-state index < -0.39 is 0 Å². The van der Waals surface area contributed by atoms with Gasteiger partial charge in [-0.25, -0.2) is 4.98 Å². The quantitative estimate of drug-likeness (QED) is 0.797. The van der Waals surface area contributed by atoms with Gasteiger partial charge in [-0.1, -0.05) is 6.07 Å². The van der Waals surface area contributed by atoms with E-state index in [1.54, 1.807) is 0 Å². The van der Waals surface area contributed by atoms with E-state index in [1.165, 1.54) is 0 Å². The van der Waals surface area contributed by atoms with E-state index in [2.05, 4.69) is 25.8 Å². The van der Waals surface area contributed by atoms with Gasteiger partial charge in [0.15, 0.2) is 0 Å². The van der Waals surface area contributed by atoms with Crippen LogP contribution in [0.1, 0.15) is 6.42 Å². The van der Waals surface area contributed by atoms with Crippen molar-refractivity contribution in [1.29, 1.82) is 0 Å². The Hall–Kier alpha value is -0.320. The third-order valence-corrected chi connectivity index (χ3v) is 2.69. The summed E-state index contributed by atoms with van der Waals surface area (Å²) in [6, 6.07) is 6.25. The highest BCUT2D eigenvalue weighted by Gasteiger charge is 2.19. The van der Waals surface area contributed by atoms with Gasteiger partial charge in [0.1, 0.15) is 10.4 Å². The molecule has 3 nitrogen and oxygen atoms in total. The summed E-state index contributed by atoms with van der Waals surface area (Å²) < 4.78 is 0.880. The minimum Gasteiger partial charge on any atom is -0.355 e. The highest BCUT2D eigenvalue weighted by molar-refractivity contribution is 9.10. The highest BCUT2D eigenvalue weighted by Crippen LogP contribution is 2.18. The van der Waals surface area contributed by atoms with Crippen molar-refractivity contribution in [1.82, 2.24) is 4.98 Å². The van der Waals surface area contributed by atoms with Crippen LogP contribution in [0.2, 0.25) is 0 Å². The molecule has 0 spiro atoms. The number of hydrogen-bond donors (Lipinski definition) is 1. The molecule has 0 amide bonds. The molecular weight excluding hydrogens is 265 g/mol. The van der Waals surface area contributed by atoms with Crippen molar-refractivity contribution >= 4 is 34.2 Å². The van der Waals surface area contributed by atoms with Crippen LogP contribution in [-0.4, -0.2) is 24.1 Å². The molecule has 2 N–H and O–H groups in total. The van der Waals surface area contributed by atoms with Crippen LogP contribution < -0.4 is 10.6 Å². The highest BCUT2D eigenvalue weighted by atomic mass is 79.9. The van der Waals surface area contributed by atoms with Crippen molar-refractivity contribution in [2.75, 3.05) is 18.0 Å². The monoisotopic (exact) mass is 277 g/mol. The van der Waals surface area contributed by atoms with Crippen molar-refractivity contribution < 1.29 is 0 Å². The first-order chi connectivity index (χ1) is 6.25. The predicted molar refractivity (Wildman–Crippen MR) is 64.0 cm³/mol. The maximum atomic E-state index is 5.82. The molecular formula is C9H13BrClN3. The summed E-state index contributed by atoms with van der Waals surface area (Å²) in [5, 5.41) is 0. The fourth-order valence-electron chi connectivity index (χ4n) is 1.57. The van der Waals surface area contributed by atoms with Gasteiger partial charge in [0.25, 0.3) is 0 Å². The Morgan fingerprint density at radius 3 is 2.86 bits per heavy atom. The van der Waals surface area contributed by atoms with Gasteiger partial charge >= 0.3 is 0 Å². The molecule has 2 heterocycles. The molecule has 1 aliphatic heterocycles. The van der Waals surface area contributed by atoms with E-state index >= 15 is 0 Å². The first-order valence-corrected chi connectivity index (χ1v) is 5.18. The lowest BCUT2D eigenvalue weighted by Crippen LogP contribution is -2.26. The maximum absolute atomic E-state index is 5.82. The van der Waals surface area contributed by atoms with Gasteiger partial charge in [-0.05, 0) is 34.5 Å². The topological polar surface area (TPSA) is 42.1 Å². The number of halogens is 2. The normalized spacial score (nSPS) is 20.7. The Labute approximate surface area is 98.2 Å². The molecule has 1 aromatic heterocycles. The predicted octanol–water partition coefficient (Wildman–Crippen LogP) is 1.80. The summed E-state index contributed by atoms with van der Waals surface area (Å²) in [5.74, 6) is 1.02. The van der Waals surface area contributed by atoms with Crippen LogP contribution in [0.5, 0.6) is 0 Å². The van der Waals surface area contributed by atoms with Crippen LogP contribution in [0, 0.1) is 0 Å². The standard InChI is InChI=1S/C9H12BrN3.ClH/c10-8-2-1-3-9(12-8)13-5-4-7(11)6-13;/h1-3,7H,4-6,11H2;1H/t7-;/m0./s1. The fraction of sp³-hybridized carbons (Fsp3) is 0.444. The molecule has 1 aromatic rings. The number of hydrogen-bond acceptors (Lipinski definition) is 3. The summed E-state index contributed by atoms with van der Waals surface area (Å²) in [6.45, 7) is 1.94. The van der Waals surface area contributed by atoms with E-state index in [1.807, 2.05) is 18.2 Å². The largest absolute Gasteiger partial charge is 0.355 e. The van der Waals surface area contributed by atoms with Crippen molar-refractivity contribution in [2.24, 2.45) is 5.73 Å². The third-order valence-electron chi connectivity index (χ3n) is 2.25. The van der Waals surface area contributed by atoms with Gasteiger partial charge in [-0.3, -0.25) is 0 Å².